The lowest BCUT2D eigenvalue weighted by Crippen LogP contribution is -2.57. The summed E-state index contributed by atoms with van der Waals surface area (Å²) in [6.07, 6.45) is 8.37. The molecule has 0 radical (unpaired) electrons. The Morgan fingerprint density at radius 2 is 1.84 bits per heavy atom. The molecule has 0 heterocycles. The van der Waals surface area contributed by atoms with Crippen molar-refractivity contribution >= 4 is 23.1 Å². The van der Waals surface area contributed by atoms with Crippen LogP contribution >= 0.6 is 12.2 Å². The van der Waals surface area contributed by atoms with Crippen LogP contribution in [0.25, 0.3) is 0 Å². The van der Waals surface area contributed by atoms with Gasteiger partial charge < -0.3 is 15.8 Å². The maximum atomic E-state index is 11.9. The van der Waals surface area contributed by atoms with Gasteiger partial charge in [-0.1, -0.05) is 51.2 Å². The Labute approximate surface area is 121 Å². The second-order valence-electron chi connectivity index (χ2n) is 5.31. The van der Waals surface area contributed by atoms with Gasteiger partial charge in [0, 0.05) is 6.61 Å². The molecule has 1 amide bonds. The summed E-state index contributed by atoms with van der Waals surface area (Å²) < 4.78 is 5.27. The van der Waals surface area contributed by atoms with Crippen molar-refractivity contribution in [2.75, 3.05) is 13.2 Å². The van der Waals surface area contributed by atoms with Gasteiger partial charge in [0.15, 0.2) is 0 Å². The van der Waals surface area contributed by atoms with Gasteiger partial charge in [-0.3, -0.25) is 4.79 Å². The van der Waals surface area contributed by atoms with Crippen LogP contribution in [0.4, 0.5) is 0 Å². The average Bonchev–Trinajstić information content (AvgIpc) is 2.32. The molecule has 0 saturated heterocycles. The zero-order chi connectivity index (χ0) is 14.1. The Kier molecular flexibility index (Phi) is 7.31. The van der Waals surface area contributed by atoms with Crippen molar-refractivity contribution in [2.45, 2.75) is 63.8 Å². The lowest BCUT2D eigenvalue weighted by molar-refractivity contribution is -0.127. The number of ether oxygens (including phenoxy) is 1. The predicted octanol–water partition coefficient (Wildman–Crippen LogP) is 2.30. The molecule has 1 rings (SSSR count). The molecular weight excluding hydrogens is 260 g/mol. The van der Waals surface area contributed by atoms with Gasteiger partial charge >= 0.3 is 0 Å². The molecule has 1 aliphatic rings. The van der Waals surface area contributed by atoms with Gasteiger partial charge in [0.2, 0.25) is 5.91 Å². The maximum absolute atomic E-state index is 11.9. The highest BCUT2D eigenvalue weighted by atomic mass is 32.1. The smallest absolute Gasteiger partial charge is 0.246 e. The van der Waals surface area contributed by atoms with Crippen molar-refractivity contribution in [3.63, 3.8) is 0 Å². The molecule has 0 aromatic rings. The van der Waals surface area contributed by atoms with E-state index >= 15 is 0 Å². The summed E-state index contributed by atoms with van der Waals surface area (Å²) in [4.78, 5) is 12.4. The number of amides is 1. The molecule has 1 fully saturated rings. The first-order chi connectivity index (χ1) is 9.10. The van der Waals surface area contributed by atoms with Crippen LogP contribution in [-0.2, 0) is 9.53 Å². The van der Waals surface area contributed by atoms with Crippen molar-refractivity contribution in [3.8, 4) is 0 Å². The van der Waals surface area contributed by atoms with Crippen LogP contribution in [0.3, 0.4) is 0 Å². The van der Waals surface area contributed by atoms with E-state index in [0.29, 0.717) is 11.6 Å². The summed E-state index contributed by atoms with van der Waals surface area (Å²) in [7, 11) is 0. The van der Waals surface area contributed by atoms with Gasteiger partial charge in [0.05, 0.1) is 10.5 Å². The maximum Gasteiger partial charge on any atom is 0.246 e. The fourth-order valence-corrected chi connectivity index (χ4v) is 2.81. The fourth-order valence-electron chi connectivity index (χ4n) is 2.55. The van der Waals surface area contributed by atoms with Crippen LogP contribution in [0.2, 0.25) is 0 Å². The minimum Gasteiger partial charge on any atom is -0.391 e. The molecule has 0 aliphatic heterocycles. The van der Waals surface area contributed by atoms with E-state index in [1.807, 2.05) is 6.92 Å². The molecule has 19 heavy (non-hydrogen) atoms. The van der Waals surface area contributed by atoms with Crippen LogP contribution in [0.15, 0.2) is 0 Å². The Hall–Kier alpha value is -0.680. The van der Waals surface area contributed by atoms with E-state index in [1.54, 1.807) is 0 Å². The molecule has 1 aliphatic carbocycles. The topological polar surface area (TPSA) is 64.3 Å². The monoisotopic (exact) mass is 286 g/mol. The zero-order valence-electron chi connectivity index (χ0n) is 11.9. The second kappa shape index (κ2) is 8.48. The van der Waals surface area contributed by atoms with Gasteiger partial charge in [-0.2, -0.15) is 0 Å². The van der Waals surface area contributed by atoms with Crippen molar-refractivity contribution in [2.24, 2.45) is 5.73 Å². The summed E-state index contributed by atoms with van der Waals surface area (Å²) in [6.45, 7) is 2.72. The van der Waals surface area contributed by atoms with Gasteiger partial charge in [-0.25, -0.2) is 0 Å². The highest BCUT2D eigenvalue weighted by Gasteiger charge is 2.34. The lowest BCUT2D eigenvalue weighted by atomic mass is 9.83. The molecule has 0 bridgehead atoms. The van der Waals surface area contributed by atoms with Gasteiger partial charge in [-0.15, -0.1) is 0 Å². The molecule has 0 spiro atoms. The minimum atomic E-state index is -0.498. The summed E-state index contributed by atoms with van der Waals surface area (Å²) in [5.41, 5.74) is 5.40. The highest BCUT2D eigenvalue weighted by molar-refractivity contribution is 7.80. The molecular formula is C14H26N2O2S. The quantitative estimate of drug-likeness (QED) is 0.581. The van der Waals surface area contributed by atoms with Crippen LogP contribution < -0.4 is 11.1 Å². The Morgan fingerprint density at radius 1 is 1.26 bits per heavy atom. The molecule has 0 atom stereocenters. The van der Waals surface area contributed by atoms with Crippen LogP contribution in [0.5, 0.6) is 0 Å². The largest absolute Gasteiger partial charge is 0.391 e. The number of carbonyl (C=O) groups is 1. The molecule has 5 heteroatoms. The summed E-state index contributed by atoms with van der Waals surface area (Å²) >= 11 is 5.21. The standard InChI is InChI=1S/C14H26N2O2S/c1-2-10-18-11-12(17)16-14(13(15)19)8-6-4-3-5-7-9-14/h2-11H2,1H3,(H2,15,19)(H,16,17). The van der Waals surface area contributed by atoms with Crippen LogP contribution in [0.1, 0.15) is 58.3 Å². The van der Waals surface area contributed by atoms with Crippen LogP contribution in [0, 0.1) is 0 Å². The van der Waals surface area contributed by atoms with Crippen molar-refractivity contribution in [1.82, 2.24) is 5.32 Å². The number of rotatable bonds is 6. The predicted molar refractivity (Wildman–Crippen MR) is 81.1 cm³/mol. The van der Waals surface area contributed by atoms with E-state index < -0.39 is 5.54 Å². The number of nitrogens with one attached hydrogen (secondary N) is 1. The Morgan fingerprint density at radius 3 is 2.37 bits per heavy atom. The fraction of sp³-hybridized carbons (Fsp3) is 0.857. The molecule has 0 unspecified atom stereocenters. The second-order valence-corrected chi connectivity index (χ2v) is 5.75. The van der Waals surface area contributed by atoms with E-state index in [1.165, 1.54) is 19.3 Å². The molecule has 1 saturated carbocycles. The SMILES string of the molecule is CCCOCC(=O)NC1(C(N)=S)CCCCCCC1. The highest BCUT2D eigenvalue weighted by Crippen LogP contribution is 2.26. The normalized spacial score (nSPS) is 19.2. The van der Waals surface area contributed by atoms with E-state index in [4.69, 9.17) is 22.7 Å². The number of nitrogens with two attached hydrogens (primary N) is 1. The van der Waals surface area contributed by atoms with Gasteiger partial charge in [0.1, 0.15) is 6.61 Å². The van der Waals surface area contributed by atoms with E-state index in [-0.39, 0.29) is 12.5 Å². The third-order valence-electron chi connectivity index (χ3n) is 3.64. The van der Waals surface area contributed by atoms with E-state index in [9.17, 15) is 4.79 Å². The minimum absolute atomic E-state index is 0.0954. The van der Waals surface area contributed by atoms with E-state index in [0.717, 1.165) is 32.1 Å². The molecule has 3 N–H and O–H groups in total. The molecule has 0 aromatic carbocycles. The number of carbonyl (C=O) groups excluding carboxylic acids is 1. The summed E-state index contributed by atoms with van der Waals surface area (Å²) in [6, 6.07) is 0. The van der Waals surface area contributed by atoms with Crippen molar-refractivity contribution in [1.29, 1.82) is 0 Å². The molecule has 4 nitrogen and oxygen atoms in total. The lowest BCUT2D eigenvalue weighted by Gasteiger charge is -2.35. The number of hydrogen-bond acceptors (Lipinski definition) is 3. The average molecular weight is 286 g/mol. The number of hydrogen-bond donors (Lipinski definition) is 2. The summed E-state index contributed by atoms with van der Waals surface area (Å²) in [5, 5.41) is 3.03. The van der Waals surface area contributed by atoms with Crippen molar-refractivity contribution < 1.29 is 9.53 Å². The first kappa shape index (κ1) is 16.4. The van der Waals surface area contributed by atoms with Crippen LogP contribution in [-0.4, -0.2) is 29.6 Å². The molecule has 0 aromatic heterocycles. The third-order valence-corrected chi connectivity index (χ3v) is 4.03. The Balaban J connectivity index is 2.58. The first-order valence-corrected chi connectivity index (χ1v) is 7.70. The third kappa shape index (κ3) is 5.45. The van der Waals surface area contributed by atoms with Crippen molar-refractivity contribution in [3.05, 3.63) is 0 Å². The van der Waals surface area contributed by atoms with E-state index in [2.05, 4.69) is 5.32 Å². The number of thiocarbonyl (C=S) groups is 1. The van der Waals surface area contributed by atoms with Gasteiger partial charge in [0.25, 0.3) is 0 Å². The molecule has 110 valence electrons. The zero-order valence-corrected chi connectivity index (χ0v) is 12.7. The summed E-state index contributed by atoms with van der Waals surface area (Å²) in [5.74, 6) is -0.109. The first-order valence-electron chi connectivity index (χ1n) is 7.29. The van der Waals surface area contributed by atoms with Gasteiger partial charge in [-0.05, 0) is 19.3 Å². The Bertz CT molecular complexity index is 300.